The Morgan fingerprint density at radius 2 is 1.83 bits per heavy atom. The normalized spacial score (nSPS) is 14.7. The van der Waals surface area contributed by atoms with Gasteiger partial charge in [-0.15, -0.1) is 0 Å². The highest BCUT2D eigenvalue weighted by atomic mass is 16.5. The van der Waals surface area contributed by atoms with Gasteiger partial charge < -0.3 is 18.8 Å². The third kappa shape index (κ3) is 4.23. The molecule has 7 heteroatoms. The molecule has 0 bridgehead atoms. The van der Waals surface area contributed by atoms with Gasteiger partial charge in [0.1, 0.15) is 11.3 Å². The predicted molar refractivity (Wildman–Crippen MR) is 106 cm³/mol. The summed E-state index contributed by atoms with van der Waals surface area (Å²) in [6, 6.07) is 14.3. The Morgan fingerprint density at radius 3 is 2.52 bits per heavy atom. The maximum absolute atomic E-state index is 12.4. The summed E-state index contributed by atoms with van der Waals surface area (Å²) in [4.78, 5) is 30.8. The number of nitrogens with zero attached hydrogens (tertiary/aromatic N) is 2. The second-order valence-electron chi connectivity index (χ2n) is 6.98. The third-order valence-corrected chi connectivity index (χ3v) is 5.16. The van der Waals surface area contributed by atoms with Gasteiger partial charge in [0, 0.05) is 19.0 Å². The molecule has 0 unspecified atom stereocenters. The van der Waals surface area contributed by atoms with E-state index in [0.29, 0.717) is 24.4 Å². The molecule has 1 saturated heterocycles. The number of para-hydroxylation sites is 2. The van der Waals surface area contributed by atoms with Crippen molar-refractivity contribution >= 4 is 23.0 Å². The average molecular weight is 394 g/mol. The number of carbonyl (C=O) groups is 2. The van der Waals surface area contributed by atoms with E-state index in [2.05, 4.69) is 4.98 Å². The van der Waals surface area contributed by atoms with Gasteiger partial charge in [-0.1, -0.05) is 12.1 Å². The number of aromatic nitrogens is 1. The summed E-state index contributed by atoms with van der Waals surface area (Å²) >= 11 is 0. The summed E-state index contributed by atoms with van der Waals surface area (Å²) in [5, 5.41) is 0. The number of benzene rings is 2. The number of methoxy groups -OCH3 is 1. The molecule has 0 saturated carbocycles. The van der Waals surface area contributed by atoms with Crippen LogP contribution < -0.4 is 4.74 Å². The first-order valence-electron chi connectivity index (χ1n) is 9.58. The Morgan fingerprint density at radius 1 is 1.10 bits per heavy atom. The van der Waals surface area contributed by atoms with Crippen molar-refractivity contribution in [3.63, 3.8) is 0 Å². The quantitative estimate of drug-likeness (QED) is 0.617. The highest BCUT2D eigenvalue weighted by Gasteiger charge is 2.27. The van der Waals surface area contributed by atoms with Crippen LogP contribution in [0.5, 0.6) is 5.75 Å². The largest absolute Gasteiger partial charge is 0.497 e. The van der Waals surface area contributed by atoms with Crippen molar-refractivity contribution in [1.82, 2.24) is 9.88 Å². The van der Waals surface area contributed by atoms with Crippen molar-refractivity contribution in [2.45, 2.75) is 18.8 Å². The van der Waals surface area contributed by atoms with Crippen LogP contribution in [-0.4, -0.2) is 48.6 Å². The Labute approximate surface area is 168 Å². The number of fused-ring (bicyclic) bond motifs is 1. The van der Waals surface area contributed by atoms with Gasteiger partial charge in [0.15, 0.2) is 18.1 Å². The minimum atomic E-state index is -0.526. The number of oxazole rings is 1. The SMILES string of the molecule is COc1ccc(C(=O)OCC(=O)N2CCC(c3nc4ccccc4o3)CC2)cc1. The van der Waals surface area contributed by atoms with Crippen LogP contribution >= 0.6 is 0 Å². The molecule has 1 aliphatic heterocycles. The summed E-state index contributed by atoms with van der Waals surface area (Å²) in [7, 11) is 1.56. The first kappa shape index (κ1) is 19.0. The number of piperidine rings is 1. The zero-order chi connectivity index (χ0) is 20.2. The van der Waals surface area contributed by atoms with E-state index >= 15 is 0 Å². The summed E-state index contributed by atoms with van der Waals surface area (Å²) in [5.41, 5.74) is 2.02. The highest BCUT2D eigenvalue weighted by molar-refractivity contribution is 5.91. The number of rotatable bonds is 5. The minimum Gasteiger partial charge on any atom is -0.497 e. The third-order valence-electron chi connectivity index (χ3n) is 5.16. The molecule has 2 aromatic carbocycles. The molecule has 3 aromatic rings. The number of esters is 1. The lowest BCUT2D eigenvalue weighted by Gasteiger charge is -2.30. The Hall–Kier alpha value is -3.35. The van der Waals surface area contributed by atoms with Gasteiger partial charge in [0.2, 0.25) is 0 Å². The van der Waals surface area contributed by atoms with Gasteiger partial charge in [-0.05, 0) is 49.2 Å². The number of carbonyl (C=O) groups excluding carboxylic acids is 2. The second kappa shape index (κ2) is 8.34. The highest BCUT2D eigenvalue weighted by Crippen LogP contribution is 2.29. The molecule has 1 aromatic heterocycles. The van der Waals surface area contributed by atoms with E-state index in [9.17, 15) is 9.59 Å². The summed E-state index contributed by atoms with van der Waals surface area (Å²) in [5.74, 6) is 0.849. The van der Waals surface area contributed by atoms with Gasteiger partial charge in [-0.25, -0.2) is 9.78 Å². The van der Waals surface area contributed by atoms with Crippen LogP contribution in [0.2, 0.25) is 0 Å². The van der Waals surface area contributed by atoms with Gasteiger partial charge in [-0.3, -0.25) is 4.79 Å². The molecule has 0 atom stereocenters. The molecule has 0 radical (unpaired) electrons. The lowest BCUT2D eigenvalue weighted by molar-refractivity contribution is -0.135. The zero-order valence-electron chi connectivity index (χ0n) is 16.2. The molecule has 150 valence electrons. The number of amides is 1. The van der Waals surface area contributed by atoms with Crippen LogP contribution in [0.3, 0.4) is 0 Å². The van der Waals surface area contributed by atoms with E-state index in [-0.39, 0.29) is 18.4 Å². The van der Waals surface area contributed by atoms with E-state index in [1.54, 1.807) is 36.3 Å². The molecule has 0 N–H and O–H groups in total. The Balaban J connectivity index is 1.27. The van der Waals surface area contributed by atoms with Crippen LogP contribution in [0.15, 0.2) is 52.9 Å². The number of hydrogen-bond acceptors (Lipinski definition) is 6. The number of hydrogen-bond donors (Lipinski definition) is 0. The van der Waals surface area contributed by atoms with E-state index in [0.717, 1.165) is 29.8 Å². The molecule has 7 nitrogen and oxygen atoms in total. The molecular formula is C22H22N2O5. The van der Waals surface area contributed by atoms with Crippen LogP contribution in [0.4, 0.5) is 0 Å². The minimum absolute atomic E-state index is 0.188. The monoisotopic (exact) mass is 394 g/mol. The van der Waals surface area contributed by atoms with Crippen molar-refractivity contribution in [3.8, 4) is 5.75 Å². The van der Waals surface area contributed by atoms with Gasteiger partial charge in [0.05, 0.1) is 12.7 Å². The molecule has 1 aliphatic rings. The fraction of sp³-hybridized carbons (Fsp3) is 0.318. The Bertz CT molecular complexity index is 970. The summed E-state index contributed by atoms with van der Waals surface area (Å²) in [6.07, 6.45) is 1.54. The molecule has 0 spiro atoms. The fourth-order valence-corrected chi connectivity index (χ4v) is 3.47. The maximum atomic E-state index is 12.4. The van der Waals surface area contributed by atoms with Crippen molar-refractivity contribution in [2.24, 2.45) is 0 Å². The summed E-state index contributed by atoms with van der Waals surface area (Å²) in [6.45, 7) is 0.906. The van der Waals surface area contributed by atoms with Crippen LogP contribution in [-0.2, 0) is 9.53 Å². The second-order valence-corrected chi connectivity index (χ2v) is 6.98. The molecule has 4 rings (SSSR count). The Kier molecular flexibility index (Phi) is 5.46. The van der Waals surface area contributed by atoms with E-state index in [1.165, 1.54) is 0 Å². The van der Waals surface area contributed by atoms with Crippen LogP contribution in [0, 0.1) is 0 Å². The molecule has 1 fully saturated rings. The maximum Gasteiger partial charge on any atom is 0.338 e. The van der Waals surface area contributed by atoms with E-state index in [4.69, 9.17) is 13.9 Å². The average Bonchev–Trinajstić information content (AvgIpc) is 3.22. The van der Waals surface area contributed by atoms with Crippen molar-refractivity contribution in [2.75, 3.05) is 26.8 Å². The van der Waals surface area contributed by atoms with Crippen molar-refractivity contribution in [3.05, 3.63) is 60.0 Å². The van der Waals surface area contributed by atoms with E-state index in [1.807, 2.05) is 24.3 Å². The summed E-state index contributed by atoms with van der Waals surface area (Å²) < 4.78 is 16.1. The molecule has 1 amide bonds. The fourth-order valence-electron chi connectivity index (χ4n) is 3.47. The molecule has 29 heavy (non-hydrogen) atoms. The zero-order valence-corrected chi connectivity index (χ0v) is 16.2. The van der Waals surface area contributed by atoms with Gasteiger partial charge in [0.25, 0.3) is 5.91 Å². The first-order valence-corrected chi connectivity index (χ1v) is 9.58. The molecule has 2 heterocycles. The predicted octanol–water partition coefficient (Wildman–Crippen LogP) is 3.40. The van der Waals surface area contributed by atoms with Crippen LogP contribution in [0.1, 0.15) is 35.0 Å². The number of likely N-dealkylation sites (tertiary alicyclic amines) is 1. The lowest BCUT2D eigenvalue weighted by atomic mass is 9.97. The van der Waals surface area contributed by atoms with Gasteiger partial charge in [-0.2, -0.15) is 0 Å². The number of ether oxygens (including phenoxy) is 2. The molecule has 0 aliphatic carbocycles. The standard InChI is InChI=1S/C22H22N2O5/c1-27-17-8-6-16(7-9-17)22(26)28-14-20(25)24-12-10-15(11-13-24)21-23-18-4-2-3-5-19(18)29-21/h2-9,15H,10-14H2,1H3. The van der Waals surface area contributed by atoms with Crippen molar-refractivity contribution in [1.29, 1.82) is 0 Å². The topological polar surface area (TPSA) is 81.9 Å². The molecular weight excluding hydrogens is 372 g/mol. The first-order chi connectivity index (χ1) is 14.1. The van der Waals surface area contributed by atoms with Crippen molar-refractivity contribution < 1.29 is 23.5 Å². The lowest BCUT2D eigenvalue weighted by Crippen LogP contribution is -2.40. The smallest absolute Gasteiger partial charge is 0.338 e. The van der Waals surface area contributed by atoms with Gasteiger partial charge >= 0.3 is 5.97 Å². The van der Waals surface area contributed by atoms with Crippen LogP contribution in [0.25, 0.3) is 11.1 Å². The van der Waals surface area contributed by atoms with E-state index < -0.39 is 5.97 Å².